The average molecular weight is 296 g/mol. The van der Waals surface area contributed by atoms with Crippen LogP contribution < -0.4 is 16.6 Å². The third-order valence-corrected chi connectivity index (χ3v) is 4.40. The number of hydrogen-bond acceptors (Lipinski definition) is 4. The van der Waals surface area contributed by atoms with Gasteiger partial charge < -0.3 is 5.32 Å². The highest BCUT2D eigenvalue weighted by Crippen LogP contribution is 2.42. The highest BCUT2D eigenvalue weighted by Gasteiger charge is 2.23. The van der Waals surface area contributed by atoms with Gasteiger partial charge in [-0.2, -0.15) is 0 Å². The monoisotopic (exact) mass is 295 g/mol. The molecule has 1 aliphatic heterocycles. The molecule has 1 N–H and O–H groups in total. The van der Waals surface area contributed by atoms with Gasteiger partial charge in [0.05, 0.1) is 5.69 Å². The van der Waals surface area contributed by atoms with Gasteiger partial charge in [-0.25, -0.2) is 4.79 Å². The van der Waals surface area contributed by atoms with Gasteiger partial charge in [0.2, 0.25) is 0 Å². The van der Waals surface area contributed by atoms with E-state index in [1.54, 1.807) is 19.2 Å². The molecule has 0 spiro atoms. The van der Waals surface area contributed by atoms with Crippen LogP contribution >= 0.6 is 23.4 Å². The van der Waals surface area contributed by atoms with Gasteiger partial charge in [0, 0.05) is 24.0 Å². The van der Waals surface area contributed by atoms with Crippen molar-refractivity contribution in [1.82, 2.24) is 9.13 Å². The summed E-state index contributed by atoms with van der Waals surface area (Å²) in [6.45, 7) is 0. The summed E-state index contributed by atoms with van der Waals surface area (Å²) < 4.78 is 2.53. The van der Waals surface area contributed by atoms with Gasteiger partial charge in [0.1, 0.15) is 10.7 Å². The Balaban J connectivity index is 2.29. The molecule has 0 unspecified atom stereocenters. The number of fused-ring (bicyclic) bond motifs is 2. The molecule has 2 heterocycles. The number of halogens is 1. The van der Waals surface area contributed by atoms with Gasteiger partial charge in [-0.05, 0) is 18.2 Å². The second-order valence-corrected chi connectivity index (χ2v) is 5.74. The van der Waals surface area contributed by atoms with Gasteiger partial charge in [0.25, 0.3) is 5.56 Å². The molecule has 0 saturated heterocycles. The standard InChI is InChI=1S/C12H10ClN3O2S/c1-15-10-9(11(17)16(2)12(15)18)19-8-5-6(13)3-4-7(8)14-10/h3-5,14H,1-2H3. The molecule has 0 atom stereocenters. The van der Waals surface area contributed by atoms with E-state index in [1.165, 1.54) is 23.4 Å². The van der Waals surface area contributed by atoms with E-state index in [2.05, 4.69) is 5.32 Å². The Kier molecular flexibility index (Phi) is 2.72. The first-order valence-electron chi connectivity index (χ1n) is 5.53. The molecule has 2 aromatic rings. The fourth-order valence-electron chi connectivity index (χ4n) is 1.97. The molecule has 1 aliphatic rings. The van der Waals surface area contributed by atoms with E-state index in [1.807, 2.05) is 6.07 Å². The lowest BCUT2D eigenvalue weighted by atomic mass is 10.3. The number of aromatic nitrogens is 2. The van der Waals surface area contributed by atoms with Crippen molar-refractivity contribution in [3.05, 3.63) is 44.1 Å². The zero-order valence-electron chi connectivity index (χ0n) is 10.2. The summed E-state index contributed by atoms with van der Waals surface area (Å²) in [6.07, 6.45) is 0. The summed E-state index contributed by atoms with van der Waals surface area (Å²) in [4.78, 5) is 25.4. The number of nitrogens with one attached hydrogen (secondary N) is 1. The van der Waals surface area contributed by atoms with Crippen LogP contribution in [0.15, 0.2) is 37.6 Å². The summed E-state index contributed by atoms with van der Waals surface area (Å²) >= 11 is 7.27. The molecule has 0 bridgehead atoms. The predicted octanol–water partition coefficient (Wildman–Crippen LogP) is 1.95. The maximum Gasteiger partial charge on any atom is 0.332 e. The molecule has 0 radical (unpaired) electrons. The fraction of sp³-hybridized carbons (Fsp3) is 0.167. The topological polar surface area (TPSA) is 56.0 Å². The van der Waals surface area contributed by atoms with Crippen LogP contribution in [0.3, 0.4) is 0 Å². The van der Waals surface area contributed by atoms with Crippen LogP contribution in [-0.4, -0.2) is 9.13 Å². The van der Waals surface area contributed by atoms with Crippen molar-refractivity contribution in [3.63, 3.8) is 0 Å². The molecule has 1 aromatic heterocycles. The van der Waals surface area contributed by atoms with Gasteiger partial charge >= 0.3 is 5.69 Å². The fourth-order valence-corrected chi connectivity index (χ4v) is 3.35. The highest BCUT2D eigenvalue weighted by atomic mass is 35.5. The van der Waals surface area contributed by atoms with E-state index in [-0.39, 0.29) is 11.2 Å². The zero-order valence-corrected chi connectivity index (χ0v) is 11.8. The third-order valence-electron chi connectivity index (χ3n) is 3.03. The maximum atomic E-state index is 12.1. The highest BCUT2D eigenvalue weighted by molar-refractivity contribution is 7.99. The first-order valence-corrected chi connectivity index (χ1v) is 6.73. The maximum absolute atomic E-state index is 12.1. The molecule has 0 aliphatic carbocycles. The van der Waals surface area contributed by atoms with Crippen LogP contribution in [0.4, 0.5) is 11.5 Å². The van der Waals surface area contributed by atoms with E-state index >= 15 is 0 Å². The van der Waals surface area contributed by atoms with Crippen molar-refractivity contribution >= 4 is 34.9 Å². The van der Waals surface area contributed by atoms with Crippen LogP contribution in [0.2, 0.25) is 5.02 Å². The zero-order chi connectivity index (χ0) is 13.7. The summed E-state index contributed by atoms with van der Waals surface area (Å²) in [6, 6.07) is 5.38. The summed E-state index contributed by atoms with van der Waals surface area (Å²) in [5.74, 6) is 0.521. The predicted molar refractivity (Wildman–Crippen MR) is 75.8 cm³/mol. The van der Waals surface area contributed by atoms with Gasteiger partial charge in [-0.15, -0.1) is 0 Å². The van der Waals surface area contributed by atoms with Gasteiger partial charge in [-0.1, -0.05) is 23.4 Å². The van der Waals surface area contributed by atoms with Gasteiger partial charge in [-0.3, -0.25) is 13.9 Å². The van der Waals surface area contributed by atoms with E-state index in [9.17, 15) is 9.59 Å². The number of anilines is 2. The minimum atomic E-state index is -0.353. The Morgan fingerprint density at radius 1 is 1.21 bits per heavy atom. The summed E-state index contributed by atoms with van der Waals surface area (Å²) in [5.41, 5.74) is 0.181. The molecule has 0 amide bonds. The van der Waals surface area contributed by atoms with Crippen molar-refractivity contribution in [2.75, 3.05) is 5.32 Å². The number of benzene rings is 1. The van der Waals surface area contributed by atoms with E-state index in [0.717, 1.165) is 15.1 Å². The second kappa shape index (κ2) is 4.18. The Morgan fingerprint density at radius 2 is 1.95 bits per heavy atom. The number of hydrogen-bond donors (Lipinski definition) is 1. The Bertz CT molecular complexity index is 810. The van der Waals surface area contributed by atoms with Crippen molar-refractivity contribution < 1.29 is 0 Å². The molecule has 3 rings (SSSR count). The molecule has 98 valence electrons. The second-order valence-electron chi connectivity index (χ2n) is 4.25. The first-order chi connectivity index (χ1) is 8.99. The van der Waals surface area contributed by atoms with Crippen LogP contribution in [0.1, 0.15) is 0 Å². The molecule has 7 heteroatoms. The lowest BCUT2D eigenvalue weighted by Crippen LogP contribution is -2.39. The van der Waals surface area contributed by atoms with Crippen molar-refractivity contribution in [3.8, 4) is 0 Å². The van der Waals surface area contributed by atoms with E-state index in [0.29, 0.717) is 15.7 Å². The molecular formula is C12H10ClN3O2S. The van der Waals surface area contributed by atoms with Crippen LogP contribution in [0, 0.1) is 0 Å². The minimum absolute atomic E-state index is 0.304. The number of nitrogens with zero attached hydrogens (tertiary/aromatic N) is 2. The van der Waals surface area contributed by atoms with Crippen molar-refractivity contribution in [1.29, 1.82) is 0 Å². The summed E-state index contributed by atoms with van der Waals surface area (Å²) in [5, 5.41) is 3.72. The third kappa shape index (κ3) is 1.79. The molecule has 0 saturated carbocycles. The van der Waals surface area contributed by atoms with Gasteiger partial charge in [0.15, 0.2) is 0 Å². The molecule has 1 aromatic carbocycles. The van der Waals surface area contributed by atoms with Crippen molar-refractivity contribution in [2.24, 2.45) is 14.1 Å². The largest absolute Gasteiger partial charge is 0.339 e. The summed E-state index contributed by atoms with van der Waals surface area (Å²) in [7, 11) is 3.11. The van der Waals surface area contributed by atoms with Crippen LogP contribution in [0.25, 0.3) is 0 Å². The average Bonchev–Trinajstić information content (AvgIpc) is 2.41. The lowest BCUT2D eigenvalue weighted by Gasteiger charge is -2.22. The Morgan fingerprint density at radius 3 is 2.68 bits per heavy atom. The smallest absolute Gasteiger partial charge is 0.332 e. The minimum Gasteiger partial charge on any atom is -0.339 e. The normalized spacial score (nSPS) is 12.6. The SMILES string of the molecule is Cn1c2c(c(=O)n(C)c1=O)Sc1cc(Cl)ccc1N2. The molecule has 19 heavy (non-hydrogen) atoms. The van der Waals surface area contributed by atoms with Crippen LogP contribution in [0.5, 0.6) is 0 Å². The Hall–Kier alpha value is -1.66. The molecule has 0 fully saturated rings. The number of rotatable bonds is 0. The molecule has 5 nitrogen and oxygen atoms in total. The first kappa shape index (κ1) is 12.4. The lowest BCUT2D eigenvalue weighted by molar-refractivity contribution is 0.669. The quantitative estimate of drug-likeness (QED) is 0.689. The van der Waals surface area contributed by atoms with Crippen molar-refractivity contribution in [2.45, 2.75) is 9.79 Å². The van der Waals surface area contributed by atoms with Crippen LogP contribution in [-0.2, 0) is 14.1 Å². The molecular weight excluding hydrogens is 286 g/mol. The Labute approximate surface area is 117 Å². The van der Waals surface area contributed by atoms with E-state index < -0.39 is 0 Å². The van der Waals surface area contributed by atoms with E-state index in [4.69, 9.17) is 11.6 Å².